The molecule has 4 heterocycles. The number of halogens is 2. The van der Waals surface area contributed by atoms with Crippen molar-refractivity contribution >= 4 is 39.4 Å². The summed E-state index contributed by atoms with van der Waals surface area (Å²) >= 11 is 0. The first-order chi connectivity index (χ1) is 20.4. The number of hydrogen-bond donors (Lipinski definition) is 2. The van der Waals surface area contributed by atoms with Gasteiger partial charge in [-0.1, -0.05) is 12.1 Å². The Morgan fingerprint density at radius 1 is 0.881 bits per heavy atom. The molecule has 3 aromatic heterocycles. The summed E-state index contributed by atoms with van der Waals surface area (Å²) < 4.78 is 29.5. The maximum absolute atomic E-state index is 13.7. The number of aromatic nitrogens is 5. The van der Waals surface area contributed by atoms with Crippen LogP contribution in [0, 0.1) is 11.6 Å². The van der Waals surface area contributed by atoms with Crippen molar-refractivity contribution in [2.45, 2.75) is 37.8 Å². The van der Waals surface area contributed by atoms with E-state index in [9.17, 15) is 8.78 Å². The van der Waals surface area contributed by atoms with Crippen LogP contribution < -0.4 is 11.1 Å². The van der Waals surface area contributed by atoms with E-state index in [1.807, 2.05) is 24.3 Å². The highest BCUT2D eigenvalue weighted by Crippen LogP contribution is 2.39. The second kappa shape index (κ2) is 10.9. The van der Waals surface area contributed by atoms with E-state index in [2.05, 4.69) is 52.9 Å². The molecule has 0 unspecified atom stereocenters. The first-order valence-corrected chi connectivity index (χ1v) is 14.5. The summed E-state index contributed by atoms with van der Waals surface area (Å²) in [6, 6.07) is 11.1. The number of likely N-dealkylation sites (N-methyl/N-ethyl adjacent to an activating group) is 1. The van der Waals surface area contributed by atoms with Gasteiger partial charge in [-0.15, -0.1) is 0 Å². The second-order valence-corrected chi connectivity index (χ2v) is 11.4. The molecule has 3 N–H and O–H groups in total. The van der Waals surface area contributed by atoms with Gasteiger partial charge < -0.3 is 20.5 Å². The van der Waals surface area contributed by atoms with Crippen LogP contribution in [-0.4, -0.2) is 73.6 Å². The molecule has 9 nitrogen and oxygen atoms in total. The lowest BCUT2D eigenvalue weighted by atomic mass is 9.89. The maximum Gasteiger partial charge on any atom is 0.227 e. The highest BCUT2D eigenvalue weighted by molar-refractivity contribution is 6.00. The number of nitrogens with two attached hydrogens (primary N) is 1. The first-order valence-electron chi connectivity index (χ1n) is 14.5. The van der Waals surface area contributed by atoms with Crippen LogP contribution in [0.1, 0.15) is 31.7 Å². The molecule has 42 heavy (non-hydrogen) atoms. The van der Waals surface area contributed by atoms with Crippen LogP contribution in [0.2, 0.25) is 0 Å². The molecule has 0 spiro atoms. The van der Waals surface area contributed by atoms with Crippen LogP contribution in [0.3, 0.4) is 0 Å². The van der Waals surface area contributed by atoms with Gasteiger partial charge in [0.1, 0.15) is 17.8 Å². The lowest BCUT2D eigenvalue weighted by molar-refractivity contribution is 0.0828. The Morgan fingerprint density at radius 3 is 2.36 bits per heavy atom. The van der Waals surface area contributed by atoms with Crippen LogP contribution >= 0.6 is 0 Å². The van der Waals surface area contributed by atoms with E-state index in [0.717, 1.165) is 79.0 Å². The van der Waals surface area contributed by atoms with Crippen LogP contribution in [0.5, 0.6) is 0 Å². The Hall–Kier alpha value is -4.22. The van der Waals surface area contributed by atoms with E-state index >= 15 is 0 Å². The molecule has 0 amide bonds. The van der Waals surface area contributed by atoms with Crippen molar-refractivity contribution in [1.29, 1.82) is 0 Å². The lowest BCUT2D eigenvalue weighted by Gasteiger charge is -2.41. The quantitative estimate of drug-likeness (QED) is 0.291. The zero-order valence-corrected chi connectivity index (χ0v) is 23.5. The fourth-order valence-electron chi connectivity index (χ4n) is 6.44. The van der Waals surface area contributed by atoms with Gasteiger partial charge in [0.2, 0.25) is 5.95 Å². The van der Waals surface area contributed by atoms with Gasteiger partial charge in [-0.05, 0) is 56.5 Å². The van der Waals surface area contributed by atoms with Gasteiger partial charge in [0.05, 0.1) is 10.9 Å². The Kier molecular flexibility index (Phi) is 6.91. The zero-order valence-electron chi connectivity index (χ0n) is 23.5. The zero-order chi connectivity index (χ0) is 28.8. The van der Waals surface area contributed by atoms with Crippen LogP contribution in [0.25, 0.3) is 33.1 Å². The molecule has 1 aliphatic carbocycles. The van der Waals surface area contributed by atoms with Gasteiger partial charge in [-0.25, -0.2) is 28.7 Å². The molecule has 1 aliphatic heterocycles. The molecular weight excluding hydrogens is 536 g/mol. The van der Waals surface area contributed by atoms with Gasteiger partial charge in [0, 0.05) is 73.4 Å². The third-order valence-electron chi connectivity index (χ3n) is 8.83. The normalized spacial score (nSPS) is 20.4. The van der Waals surface area contributed by atoms with Crippen LogP contribution in [-0.2, 0) is 0 Å². The summed E-state index contributed by atoms with van der Waals surface area (Å²) in [5, 5.41) is 4.44. The molecule has 2 fully saturated rings. The SMILES string of the molecule is CN1CCN([C@H]2CC[C@H](n3cc(-c4ccc(Nc5ncc6cc(F)c(F)cc6n5)cc4)c4c(N)ncnc43)CC2)CC1. The smallest absolute Gasteiger partial charge is 0.227 e. The first kappa shape index (κ1) is 26.7. The van der Waals surface area contributed by atoms with E-state index in [1.165, 1.54) is 19.0 Å². The minimum absolute atomic E-state index is 0.294. The number of hydrogen-bond acceptors (Lipinski definition) is 8. The summed E-state index contributed by atoms with van der Waals surface area (Å²) in [5.74, 6) is -1.10. The van der Waals surface area contributed by atoms with Crippen LogP contribution in [0.15, 0.2) is 55.1 Å². The number of nitrogen functional groups attached to an aromatic ring is 1. The maximum atomic E-state index is 13.7. The monoisotopic (exact) mass is 569 g/mol. The minimum atomic E-state index is -0.943. The van der Waals surface area contributed by atoms with Crippen molar-refractivity contribution in [3.05, 3.63) is 66.8 Å². The molecule has 0 radical (unpaired) electrons. The van der Waals surface area contributed by atoms with Gasteiger partial charge in [-0.3, -0.25) is 4.90 Å². The van der Waals surface area contributed by atoms with Crippen LogP contribution in [0.4, 0.5) is 26.2 Å². The van der Waals surface area contributed by atoms with E-state index in [1.54, 1.807) is 6.33 Å². The standard InChI is InChI=1S/C31H33F2N9/c1-40-10-12-41(13-11-40)22-6-8-23(9-7-22)42-17-24(28-29(34)36-18-37-30(28)42)19-2-4-21(5-3-19)38-31-35-16-20-14-25(32)26(33)15-27(20)39-31/h2-5,14-18,22-23H,6-13H2,1H3,(H2,34,36,37)(H,35,38,39)/t22-,23-. The minimum Gasteiger partial charge on any atom is -0.383 e. The highest BCUT2D eigenvalue weighted by atomic mass is 19.2. The number of benzene rings is 2. The summed E-state index contributed by atoms with van der Waals surface area (Å²) in [5.41, 5.74) is 10.4. The number of anilines is 3. The molecule has 11 heteroatoms. The van der Waals surface area contributed by atoms with E-state index in [4.69, 9.17) is 5.73 Å². The molecule has 7 rings (SSSR count). The Balaban J connectivity index is 1.12. The molecule has 5 aromatic rings. The molecule has 2 aliphatic rings. The van der Waals surface area contributed by atoms with Crippen molar-refractivity contribution in [2.24, 2.45) is 0 Å². The van der Waals surface area contributed by atoms with Crippen molar-refractivity contribution in [3.8, 4) is 11.1 Å². The molecule has 1 saturated heterocycles. The topological polar surface area (TPSA) is 101 Å². The van der Waals surface area contributed by atoms with Crippen molar-refractivity contribution < 1.29 is 8.78 Å². The summed E-state index contributed by atoms with van der Waals surface area (Å²) in [6.07, 6.45) is 9.78. The summed E-state index contributed by atoms with van der Waals surface area (Å²) in [4.78, 5) is 22.6. The average Bonchev–Trinajstić information content (AvgIpc) is 3.40. The predicted octanol–water partition coefficient (Wildman–Crippen LogP) is 5.38. The van der Waals surface area contributed by atoms with Crippen molar-refractivity contribution in [3.63, 3.8) is 0 Å². The third kappa shape index (κ3) is 5.03. The lowest BCUT2D eigenvalue weighted by Crippen LogP contribution is -2.49. The number of fused-ring (bicyclic) bond motifs is 2. The van der Waals surface area contributed by atoms with Gasteiger partial charge in [-0.2, -0.15) is 0 Å². The third-order valence-corrected chi connectivity index (χ3v) is 8.83. The molecule has 1 saturated carbocycles. The largest absolute Gasteiger partial charge is 0.383 e. The van der Waals surface area contributed by atoms with E-state index < -0.39 is 11.6 Å². The van der Waals surface area contributed by atoms with Gasteiger partial charge in [0.15, 0.2) is 11.6 Å². The molecule has 216 valence electrons. The number of rotatable bonds is 5. The Bertz CT molecular complexity index is 1740. The number of nitrogens with one attached hydrogen (secondary N) is 1. The highest BCUT2D eigenvalue weighted by Gasteiger charge is 2.30. The van der Waals surface area contributed by atoms with Gasteiger partial charge >= 0.3 is 0 Å². The number of nitrogens with zero attached hydrogens (tertiary/aromatic N) is 7. The van der Waals surface area contributed by atoms with E-state index in [0.29, 0.717) is 34.8 Å². The Morgan fingerprint density at radius 2 is 1.60 bits per heavy atom. The fraction of sp³-hybridized carbons (Fsp3) is 0.355. The van der Waals surface area contributed by atoms with E-state index in [-0.39, 0.29) is 0 Å². The second-order valence-electron chi connectivity index (χ2n) is 11.4. The fourth-order valence-corrected chi connectivity index (χ4v) is 6.44. The summed E-state index contributed by atoms with van der Waals surface area (Å²) in [6.45, 7) is 4.60. The summed E-state index contributed by atoms with van der Waals surface area (Å²) in [7, 11) is 2.20. The number of piperazine rings is 1. The average molecular weight is 570 g/mol. The Labute approximate surface area is 242 Å². The van der Waals surface area contributed by atoms with Crippen molar-refractivity contribution in [1.82, 2.24) is 34.3 Å². The van der Waals surface area contributed by atoms with Gasteiger partial charge in [0.25, 0.3) is 0 Å². The molecule has 0 bridgehead atoms. The predicted molar refractivity (Wildman–Crippen MR) is 160 cm³/mol. The molecular formula is C31H33F2N9. The van der Waals surface area contributed by atoms with Crippen molar-refractivity contribution in [2.75, 3.05) is 44.3 Å². The molecule has 2 aromatic carbocycles. The molecule has 0 atom stereocenters.